The van der Waals surface area contributed by atoms with E-state index in [-0.39, 0.29) is 23.3 Å². The summed E-state index contributed by atoms with van der Waals surface area (Å²) in [7, 11) is 0. The lowest BCUT2D eigenvalue weighted by molar-refractivity contribution is -0.117. The molecule has 0 aromatic heterocycles. The quantitative estimate of drug-likeness (QED) is 0.303. The highest BCUT2D eigenvalue weighted by Gasteiger charge is 2.00. The third kappa shape index (κ3) is 14.3. The maximum Gasteiger partial charge on any atom is 0.147 e. The molecule has 0 saturated heterocycles. The molecule has 0 aliphatic heterocycles. The van der Waals surface area contributed by atoms with Crippen LogP contribution in [-0.2, 0) is 9.59 Å². The minimum atomic E-state index is 0.163. The summed E-state index contributed by atoms with van der Waals surface area (Å²) in [6.45, 7) is 0. The summed E-state index contributed by atoms with van der Waals surface area (Å²) in [6.07, 6.45) is 13.1. The molecule has 0 aromatic rings. The van der Waals surface area contributed by atoms with Gasteiger partial charge in [0, 0.05) is 12.8 Å². The maximum atomic E-state index is 11.0. The summed E-state index contributed by atoms with van der Waals surface area (Å²) in [4.78, 5) is 21.9. The topological polar surface area (TPSA) is 34.1 Å². The molecule has 0 aromatic carbocycles. The van der Waals surface area contributed by atoms with E-state index in [1.165, 1.54) is 38.5 Å². The molecule has 0 fully saturated rings. The van der Waals surface area contributed by atoms with Crippen molar-refractivity contribution in [3.05, 3.63) is 0 Å². The SMILES string of the molecule is O=C(CCl)CCCCCCCCCCCCC(=O)CCl. The Hall–Kier alpha value is -0.0800. The number of hydrogen-bond acceptors (Lipinski definition) is 2. The zero-order valence-corrected chi connectivity index (χ0v) is 14.0. The van der Waals surface area contributed by atoms with Crippen LogP contribution in [0.15, 0.2) is 0 Å². The Balaban J connectivity index is 3.06. The monoisotopic (exact) mass is 322 g/mol. The lowest BCUT2D eigenvalue weighted by Gasteiger charge is -2.02. The van der Waals surface area contributed by atoms with Gasteiger partial charge in [0.15, 0.2) is 0 Å². The summed E-state index contributed by atoms with van der Waals surface area (Å²) < 4.78 is 0. The Labute approximate surface area is 133 Å². The van der Waals surface area contributed by atoms with Crippen molar-refractivity contribution in [1.82, 2.24) is 0 Å². The largest absolute Gasteiger partial charge is 0.298 e. The van der Waals surface area contributed by atoms with Crippen LogP contribution in [0.25, 0.3) is 0 Å². The smallest absolute Gasteiger partial charge is 0.147 e. The molecule has 0 saturated carbocycles. The Morgan fingerprint density at radius 3 is 1.00 bits per heavy atom. The normalized spacial score (nSPS) is 10.7. The second-order valence-corrected chi connectivity index (χ2v) is 5.91. The van der Waals surface area contributed by atoms with Crippen molar-refractivity contribution in [3.63, 3.8) is 0 Å². The summed E-state index contributed by atoms with van der Waals surface area (Å²) in [5.74, 6) is 0.658. The predicted molar refractivity (Wildman–Crippen MR) is 86.9 cm³/mol. The van der Waals surface area contributed by atoms with E-state index in [1.807, 2.05) is 0 Å². The van der Waals surface area contributed by atoms with Crippen molar-refractivity contribution >= 4 is 34.8 Å². The second kappa shape index (κ2) is 15.3. The average molecular weight is 323 g/mol. The molecule has 0 atom stereocenters. The van der Waals surface area contributed by atoms with E-state index in [4.69, 9.17) is 23.2 Å². The Morgan fingerprint density at radius 2 is 0.750 bits per heavy atom. The molecule has 0 bridgehead atoms. The van der Waals surface area contributed by atoms with Gasteiger partial charge < -0.3 is 0 Å². The molecule has 0 N–H and O–H groups in total. The molecule has 118 valence electrons. The van der Waals surface area contributed by atoms with Gasteiger partial charge >= 0.3 is 0 Å². The summed E-state index contributed by atoms with van der Waals surface area (Å²) >= 11 is 10.9. The molecule has 0 heterocycles. The first-order valence-corrected chi connectivity index (χ1v) is 8.93. The van der Waals surface area contributed by atoms with Gasteiger partial charge in [0.05, 0.1) is 11.8 Å². The van der Waals surface area contributed by atoms with E-state index in [2.05, 4.69) is 0 Å². The van der Waals surface area contributed by atoms with Gasteiger partial charge in [-0.2, -0.15) is 0 Å². The molecule has 0 amide bonds. The van der Waals surface area contributed by atoms with E-state index in [0.29, 0.717) is 12.8 Å². The Morgan fingerprint density at radius 1 is 0.500 bits per heavy atom. The third-order valence-corrected chi connectivity index (χ3v) is 4.06. The molecule has 0 aliphatic carbocycles. The van der Waals surface area contributed by atoms with Crippen molar-refractivity contribution in [1.29, 1.82) is 0 Å². The van der Waals surface area contributed by atoms with Crippen LogP contribution in [0.3, 0.4) is 0 Å². The van der Waals surface area contributed by atoms with Crippen LogP contribution in [0.4, 0.5) is 0 Å². The highest BCUT2D eigenvalue weighted by Crippen LogP contribution is 2.12. The highest BCUT2D eigenvalue weighted by atomic mass is 35.5. The van der Waals surface area contributed by atoms with Gasteiger partial charge in [-0.05, 0) is 12.8 Å². The number of alkyl halides is 2. The number of rotatable bonds is 15. The van der Waals surface area contributed by atoms with Crippen molar-refractivity contribution in [2.24, 2.45) is 0 Å². The van der Waals surface area contributed by atoms with Crippen LogP contribution < -0.4 is 0 Å². The molecule has 20 heavy (non-hydrogen) atoms. The van der Waals surface area contributed by atoms with Crippen LogP contribution in [0.5, 0.6) is 0 Å². The first-order valence-electron chi connectivity index (χ1n) is 7.86. The van der Waals surface area contributed by atoms with Gasteiger partial charge in [-0.15, -0.1) is 23.2 Å². The fraction of sp³-hybridized carbons (Fsp3) is 0.875. The highest BCUT2D eigenvalue weighted by molar-refractivity contribution is 6.27. The Kier molecular flexibility index (Phi) is 15.3. The number of ketones is 2. The molecule has 0 aliphatic rings. The standard InChI is InChI=1S/C16H28Cl2O2/c17-13-15(19)11-9-7-5-3-1-2-4-6-8-10-12-16(20)14-18/h1-14H2. The number of unbranched alkanes of at least 4 members (excludes halogenated alkanes) is 9. The van der Waals surface area contributed by atoms with Crippen LogP contribution >= 0.6 is 23.2 Å². The number of hydrogen-bond donors (Lipinski definition) is 0. The first kappa shape index (κ1) is 19.9. The van der Waals surface area contributed by atoms with Gasteiger partial charge in [-0.25, -0.2) is 0 Å². The third-order valence-electron chi connectivity index (χ3n) is 3.46. The van der Waals surface area contributed by atoms with Gasteiger partial charge in [0.25, 0.3) is 0 Å². The van der Waals surface area contributed by atoms with Crippen molar-refractivity contribution < 1.29 is 9.59 Å². The Bertz CT molecular complexity index is 229. The molecule has 4 heteroatoms. The maximum absolute atomic E-state index is 11.0. The van der Waals surface area contributed by atoms with E-state index < -0.39 is 0 Å². The predicted octanol–water partition coefficient (Wildman–Crippen LogP) is 5.28. The van der Waals surface area contributed by atoms with Crippen LogP contribution in [0, 0.1) is 0 Å². The molecule has 0 unspecified atom stereocenters. The van der Waals surface area contributed by atoms with Gasteiger partial charge in [0.1, 0.15) is 11.6 Å². The van der Waals surface area contributed by atoms with Gasteiger partial charge in [-0.1, -0.05) is 51.4 Å². The molecule has 0 spiro atoms. The fourth-order valence-corrected chi connectivity index (χ4v) is 2.46. The van der Waals surface area contributed by atoms with Crippen LogP contribution in [0.2, 0.25) is 0 Å². The van der Waals surface area contributed by atoms with E-state index >= 15 is 0 Å². The summed E-state index contributed by atoms with van der Waals surface area (Å²) in [6, 6.07) is 0. The molecular formula is C16H28Cl2O2. The average Bonchev–Trinajstić information content (AvgIpc) is 2.47. The molecule has 2 nitrogen and oxygen atoms in total. The van der Waals surface area contributed by atoms with Gasteiger partial charge in [0.2, 0.25) is 0 Å². The minimum Gasteiger partial charge on any atom is -0.298 e. The second-order valence-electron chi connectivity index (χ2n) is 5.38. The summed E-state index contributed by atoms with van der Waals surface area (Å²) in [5, 5.41) is 0. The summed E-state index contributed by atoms with van der Waals surface area (Å²) in [5.41, 5.74) is 0. The van der Waals surface area contributed by atoms with Gasteiger partial charge in [-0.3, -0.25) is 9.59 Å². The number of halogens is 2. The number of carbonyl (C=O) groups excluding carboxylic acids is 2. The molecule has 0 rings (SSSR count). The van der Waals surface area contributed by atoms with E-state index in [0.717, 1.165) is 25.7 Å². The lowest BCUT2D eigenvalue weighted by Crippen LogP contribution is -1.98. The lowest BCUT2D eigenvalue weighted by atomic mass is 10.0. The number of carbonyl (C=O) groups is 2. The zero-order chi connectivity index (χ0) is 15.1. The molecular weight excluding hydrogens is 295 g/mol. The minimum absolute atomic E-state index is 0.163. The van der Waals surface area contributed by atoms with Crippen molar-refractivity contribution in [3.8, 4) is 0 Å². The first-order chi connectivity index (χ1) is 9.70. The van der Waals surface area contributed by atoms with Crippen LogP contribution in [-0.4, -0.2) is 23.3 Å². The zero-order valence-electron chi connectivity index (χ0n) is 12.5. The number of Topliss-reactive ketones (excluding diaryl/α,β-unsaturated/α-hetero) is 2. The van der Waals surface area contributed by atoms with E-state index in [1.54, 1.807) is 0 Å². The van der Waals surface area contributed by atoms with E-state index in [9.17, 15) is 9.59 Å². The van der Waals surface area contributed by atoms with Crippen molar-refractivity contribution in [2.75, 3.05) is 11.8 Å². The van der Waals surface area contributed by atoms with Crippen molar-refractivity contribution in [2.45, 2.75) is 77.0 Å². The van der Waals surface area contributed by atoms with Crippen LogP contribution in [0.1, 0.15) is 77.0 Å². The molecule has 0 radical (unpaired) electrons. The fourth-order valence-electron chi connectivity index (χ4n) is 2.19.